The van der Waals surface area contributed by atoms with Crippen LogP contribution in [-0.2, 0) is 9.59 Å². The maximum atomic E-state index is 11.7. The van der Waals surface area contributed by atoms with Gasteiger partial charge >= 0.3 is 5.97 Å². The van der Waals surface area contributed by atoms with Crippen LogP contribution in [0.25, 0.3) is 0 Å². The van der Waals surface area contributed by atoms with Crippen LogP contribution in [0.2, 0.25) is 0 Å². The van der Waals surface area contributed by atoms with E-state index in [1.165, 1.54) is 11.8 Å². The van der Waals surface area contributed by atoms with E-state index in [-0.39, 0.29) is 11.7 Å². The molecule has 0 bridgehead atoms. The molecular weight excluding hydrogens is 342 g/mol. The zero-order valence-electron chi connectivity index (χ0n) is 11.7. The van der Waals surface area contributed by atoms with E-state index in [2.05, 4.69) is 21.2 Å². The molecular formula is C14H18BrNO3S. The Morgan fingerprint density at radius 1 is 1.35 bits per heavy atom. The first-order valence-corrected chi connectivity index (χ1v) is 8.04. The third kappa shape index (κ3) is 4.83. The van der Waals surface area contributed by atoms with Crippen molar-refractivity contribution in [2.24, 2.45) is 0 Å². The lowest BCUT2D eigenvalue weighted by Gasteiger charge is -2.13. The fourth-order valence-electron chi connectivity index (χ4n) is 1.63. The minimum atomic E-state index is -0.999. The number of carbonyl (C=O) groups excluding carboxylic acids is 1. The number of carboxylic acids is 1. The number of amides is 1. The predicted molar refractivity (Wildman–Crippen MR) is 84.2 cm³/mol. The van der Waals surface area contributed by atoms with Crippen molar-refractivity contribution in [3.05, 3.63) is 27.7 Å². The summed E-state index contributed by atoms with van der Waals surface area (Å²) in [5, 5.41) is 11.4. The standard InChI is InChI=1S/C14H18BrNO3S/c1-4-11(14(18)19)16-13(17)7-20-12-6-8(2)10(15)5-9(12)3/h5-6,11H,4,7H2,1-3H3,(H,16,17)(H,18,19)/t11-/m0/s1. The van der Waals surface area contributed by atoms with Crippen LogP contribution in [0.3, 0.4) is 0 Å². The highest BCUT2D eigenvalue weighted by molar-refractivity contribution is 9.10. The van der Waals surface area contributed by atoms with Gasteiger partial charge < -0.3 is 10.4 Å². The van der Waals surface area contributed by atoms with Crippen molar-refractivity contribution in [1.29, 1.82) is 0 Å². The minimum Gasteiger partial charge on any atom is -0.480 e. The summed E-state index contributed by atoms with van der Waals surface area (Å²) in [7, 11) is 0. The van der Waals surface area contributed by atoms with Gasteiger partial charge in [0.15, 0.2) is 0 Å². The summed E-state index contributed by atoms with van der Waals surface area (Å²) in [5.74, 6) is -1.04. The number of hydrogen-bond acceptors (Lipinski definition) is 3. The van der Waals surface area contributed by atoms with Gasteiger partial charge in [-0.05, 0) is 43.5 Å². The quantitative estimate of drug-likeness (QED) is 0.765. The number of nitrogens with one attached hydrogen (secondary N) is 1. The van der Waals surface area contributed by atoms with Crippen LogP contribution in [0.5, 0.6) is 0 Å². The molecule has 4 nitrogen and oxygen atoms in total. The lowest BCUT2D eigenvalue weighted by Crippen LogP contribution is -2.41. The van der Waals surface area contributed by atoms with Gasteiger partial charge in [-0.15, -0.1) is 11.8 Å². The molecule has 0 aliphatic heterocycles. The first-order chi connectivity index (χ1) is 9.35. The number of rotatable bonds is 6. The maximum Gasteiger partial charge on any atom is 0.326 e. The predicted octanol–water partition coefficient (Wildman–Crippen LogP) is 3.14. The van der Waals surface area contributed by atoms with Gasteiger partial charge in [0.05, 0.1) is 5.75 Å². The summed E-state index contributed by atoms with van der Waals surface area (Å²) in [6.45, 7) is 5.70. The van der Waals surface area contributed by atoms with E-state index in [4.69, 9.17) is 5.11 Å². The van der Waals surface area contributed by atoms with Gasteiger partial charge in [-0.1, -0.05) is 22.9 Å². The van der Waals surface area contributed by atoms with Gasteiger partial charge in [-0.25, -0.2) is 4.79 Å². The Kier molecular flexibility index (Phi) is 6.55. The number of benzene rings is 1. The first kappa shape index (κ1) is 17.0. The Morgan fingerprint density at radius 2 is 2.00 bits per heavy atom. The van der Waals surface area contributed by atoms with E-state index in [0.29, 0.717) is 6.42 Å². The van der Waals surface area contributed by atoms with Crippen LogP contribution < -0.4 is 5.32 Å². The number of aryl methyl sites for hydroxylation is 2. The molecule has 20 heavy (non-hydrogen) atoms. The summed E-state index contributed by atoms with van der Waals surface area (Å²) < 4.78 is 1.04. The monoisotopic (exact) mass is 359 g/mol. The van der Waals surface area contributed by atoms with E-state index in [0.717, 1.165) is 20.5 Å². The molecule has 1 amide bonds. The number of thioether (sulfide) groups is 1. The zero-order valence-corrected chi connectivity index (χ0v) is 14.1. The number of carbonyl (C=O) groups is 2. The Labute approximate surface area is 131 Å². The molecule has 0 saturated heterocycles. The Bertz CT molecular complexity index is 519. The van der Waals surface area contributed by atoms with Gasteiger partial charge in [0.25, 0.3) is 0 Å². The second-order valence-corrected chi connectivity index (χ2v) is 6.39. The van der Waals surface area contributed by atoms with Gasteiger partial charge in [0, 0.05) is 9.37 Å². The van der Waals surface area contributed by atoms with Crippen LogP contribution in [0.15, 0.2) is 21.5 Å². The van der Waals surface area contributed by atoms with Crippen LogP contribution in [0.4, 0.5) is 0 Å². The van der Waals surface area contributed by atoms with E-state index in [1.54, 1.807) is 6.92 Å². The molecule has 0 heterocycles. The number of aliphatic carboxylic acids is 1. The summed E-state index contributed by atoms with van der Waals surface area (Å²) >= 11 is 4.88. The molecule has 0 radical (unpaired) electrons. The lowest BCUT2D eigenvalue weighted by atomic mass is 10.2. The summed E-state index contributed by atoms with van der Waals surface area (Å²) in [4.78, 5) is 23.6. The Hall–Kier alpha value is -1.01. The average molecular weight is 360 g/mol. The lowest BCUT2D eigenvalue weighted by molar-refractivity contribution is -0.141. The molecule has 6 heteroatoms. The largest absolute Gasteiger partial charge is 0.480 e. The van der Waals surface area contributed by atoms with E-state index < -0.39 is 12.0 Å². The van der Waals surface area contributed by atoms with Crippen LogP contribution >= 0.6 is 27.7 Å². The van der Waals surface area contributed by atoms with Gasteiger partial charge in [-0.3, -0.25) is 4.79 Å². The molecule has 2 N–H and O–H groups in total. The van der Waals surface area contributed by atoms with Crippen molar-refractivity contribution in [3.63, 3.8) is 0 Å². The van der Waals surface area contributed by atoms with E-state index in [1.807, 2.05) is 26.0 Å². The first-order valence-electron chi connectivity index (χ1n) is 6.26. The molecule has 1 aromatic rings. The van der Waals surface area contributed by atoms with Crippen molar-refractivity contribution >= 4 is 39.6 Å². The van der Waals surface area contributed by atoms with Gasteiger partial charge in [0.2, 0.25) is 5.91 Å². The molecule has 0 fully saturated rings. The second kappa shape index (κ2) is 7.69. The molecule has 1 aromatic carbocycles. The van der Waals surface area contributed by atoms with Crippen LogP contribution in [0, 0.1) is 13.8 Å². The maximum absolute atomic E-state index is 11.7. The van der Waals surface area contributed by atoms with Gasteiger partial charge in [0.1, 0.15) is 6.04 Å². The Balaban J connectivity index is 2.61. The van der Waals surface area contributed by atoms with Gasteiger partial charge in [-0.2, -0.15) is 0 Å². The molecule has 0 saturated carbocycles. The SMILES string of the molecule is CC[C@H](NC(=O)CSc1cc(C)c(Br)cc1C)C(=O)O. The van der Waals surface area contributed by atoms with Crippen LogP contribution in [0.1, 0.15) is 24.5 Å². The molecule has 0 unspecified atom stereocenters. The third-order valence-corrected chi connectivity index (χ3v) is 4.87. The fourth-order valence-corrected chi connectivity index (χ4v) is 3.00. The average Bonchev–Trinajstić information content (AvgIpc) is 2.38. The van der Waals surface area contributed by atoms with Crippen LogP contribution in [-0.4, -0.2) is 28.8 Å². The van der Waals surface area contributed by atoms with Crippen molar-refractivity contribution in [1.82, 2.24) is 5.32 Å². The molecule has 0 aliphatic carbocycles. The van der Waals surface area contributed by atoms with Crippen molar-refractivity contribution in [2.45, 2.75) is 38.1 Å². The minimum absolute atomic E-state index is 0.214. The highest BCUT2D eigenvalue weighted by Crippen LogP contribution is 2.28. The highest BCUT2D eigenvalue weighted by atomic mass is 79.9. The molecule has 110 valence electrons. The molecule has 1 rings (SSSR count). The molecule has 0 aliphatic rings. The van der Waals surface area contributed by atoms with Crippen molar-refractivity contribution in [2.75, 3.05) is 5.75 Å². The normalized spacial score (nSPS) is 12.0. The summed E-state index contributed by atoms with van der Waals surface area (Å²) in [5.41, 5.74) is 2.20. The van der Waals surface area contributed by atoms with Crippen molar-refractivity contribution in [3.8, 4) is 0 Å². The number of carboxylic acid groups (broad SMARTS) is 1. The highest BCUT2D eigenvalue weighted by Gasteiger charge is 2.17. The van der Waals surface area contributed by atoms with E-state index in [9.17, 15) is 9.59 Å². The summed E-state index contributed by atoms with van der Waals surface area (Å²) in [6.07, 6.45) is 0.377. The smallest absolute Gasteiger partial charge is 0.326 e. The fraction of sp³-hybridized carbons (Fsp3) is 0.429. The zero-order chi connectivity index (χ0) is 15.3. The number of halogens is 1. The van der Waals surface area contributed by atoms with E-state index >= 15 is 0 Å². The molecule has 0 spiro atoms. The molecule has 1 atom stereocenters. The Morgan fingerprint density at radius 3 is 2.55 bits per heavy atom. The number of hydrogen-bond donors (Lipinski definition) is 2. The third-order valence-electron chi connectivity index (χ3n) is 2.86. The second-order valence-electron chi connectivity index (χ2n) is 4.52. The van der Waals surface area contributed by atoms with Crippen molar-refractivity contribution < 1.29 is 14.7 Å². The molecule has 0 aromatic heterocycles. The summed E-state index contributed by atoms with van der Waals surface area (Å²) in [6, 6.07) is 3.23. The topological polar surface area (TPSA) is 66.4 Å².